The lowest BCUT2D eigenvalue weighted by Gasteiger charge is -2.22. The Morgan fingerprint density at radius 1 is 1.25 bits per heavy atom. The molecule has 0 spiro atoms. The average Bonchev–Trinajstić information content (AvgIpc) is 2.55. The van der Waals surface area contributed by atoms with Gasteiger partial charge in [-0.15, -0.1) is 0 Å². The highest BCUT2D eigenvalue weighted by atomic mass is 19.1. The second-order valence-corrected chi connectivity index (χ2v) is 6.15. The molecule has 24 heavy (non-hydrogen) atoms. The lowest BCUT2D eigenvalue weighted by Crippen LogP contribution is -2.36. The van der Waals surface area contributed by atoms with Crippen molar-refractivity contribution in [1.29, 1.82) is 0 Å². The van der Waals surface area contributed by atoms with E-state index < -0.39 is 28.5 Å². The van der Waals surface area contributed by atoms with E-state index in [0.29, 0.717) is 5.56 Å². The Morgan fingerprint density at radius 3 is 2.46 bits per heavy atom. The van der Waals surface area contributed by atoms with Crippen molar-refractivity contribution in [2.45, 2.75) is 26.8 Å². The number of hydrogen-bond donors (Lipinski definition) is 2. The fraction of sp³-hybridized carbons (Fsp3) is 0.294. The van der Waals surface area contributed by atoms with Gasteiger partial charge in [-0.1, -0.05) is 26.0 Å². The number of aromatic nitrogens is 1. The van der Waals surface area contributed by atoms with Gasteiger partial charge < -0.3 is 4.57 Å². The molecule has 5 nitrogen and oxygen atoms in total. The van der Waals surface area contributed by atoms with Crippen LogP contribution < -0.4 is 11.0 Å². The Labute approximate surface area is 137 Å². The van der Waals surface area contributed by atoms with Crippen molar-refractivity contribution < 1.29 is 18.8 Å². The first-order valence-electron chi connectivity index (χ1n) is 7.35. The van der Waals surface area contributed by atoms with Gasteiger partial charge in [0.2, 0.25) is 5.91 Å². The Balaban J connectivity index is 2.26. The monoisotopic (exact) mass is 336 g/mol. The molecule has 2 N–H and O–H groups in total. The van der Waals surface area contributed by atoms with Crippen LogP contribution in [-0.2, 0) is 11.3 Å². The Hall–Kier alpha value is -2.54. The molecule has 0 unspecified atom stereocenters. The largest absolute Gasteiger partial charge is 0.313 e. The average molecular weight is 336 g/mol. The summed E-state index contributed by atoms with van der Waals surface area (Å²) in [6, 6.07) is 6.31. The second-order valence-electron chi connectivity index (χ2n) is 6.15. The van der Waals surface area contributed by atoms with E-state index in [4.69, 9.17) is 5.21 Å². The zero-order valence-corrected chi connectivity index (χ0v) is 13.3. The molecule has 1 aromatic carbocycles. The van der Waals surface area contributed by atoms with Gasteiger partial charge in [0.05, 0.1) is 0 Å². The van der Waals surface area contributed by atoms with Crippen LogP contribution in [0.4, 0.5) is 8.78 Å². The number of halogens is 2. The summed E-state index contributed by atoms with van der Waals surface area (Å²) in [5.74, 6) is -1.65. The van der Waals surface area contributed by atoms with Gasteiger partial charge in [0, 0.05) is 29.8 Å². The van der Waals surface area contributed by atoms with Crippen LogP contribution in [0.25, 0.3) is 11.1 Å². The number of pyridine rings is 1. The Kier molecular flexibility index (Phi) is 5.14. The van der Waals surface area contributed by atoms with Crippen LogP contribution in [-0.4, -0.2) is 15.7 Å². The van der Waals surface area contributed by atoms with Crippen LogP contribution in [0.15, 0.2) is 41.3 Å². The minimum Gasteiger partial charge on any atom is -0.313 e. The van der Waals surface area contributed by atoms with Crippen molar-refractivity contribution in [2.75, 3.05) is 0 Å². The first-order valence-corrected chi connectivity index (χ1v) is 7.35. The molecule has 0 saturated heterocycles. The first kappa shape index (κ1) is 17.8. The number of nitrogens with zero attached hydrogens (tertiary/aromatic N) is 1. The lowest BCUT2D eigenvalue weighted by molar-refractivity contribution is -0.138. The number of benzene rings is 1. The van der Waals surface area contributed by atoms with Gasteiger partial charge >= 0.3 is 0 Å². The second kappa shape index (κ2) is 6.92. The maximum Gasteiger partial charge on any atom is 0.251 e. The van der Waals surface area contributed by atoms with Crippen molar-refractivity contribution in [1.82, 2.24) is 10.0 Å². The third kappa shape index (κ3) is 3.86. The molecule has 0 aliphatic rings. The van der Waals surface area contributed by atoms with Gasteiger partial charge in [0.15, 0.2) is 0 Å². The molecule has 0 atom stereocenters. The maximum atomic E-state index is 14.3. The lowest BCUT2D eigenvalue weighted by atomic mass is 9.88. The van der Waals surface area contributed by atoms with Crippen LogP contribution in [0.1, 0.15) is 20.3 Å². The van der Waals surface area contributed by atoms with Gasteiger partial charge in [-0.3, -0.25) is 14.8 Å². The maximum absolute atomic E-state index is 14.3. The minimum atomic E-state index is -0.916. The summed E-state index contributed by atoms with van der Waals surface area (Å²) in [7, 11) is 0. The number of hydroxylamine groups is 1. The van der Waals surface area contributed by atoms with Gasteiger partial charge in [0.25, 0.3) is 5.56 Å². The summed E-state index contributed by atoms with van der Waals surface area (Å²) < 4.78 is 28.4. The topological polar surface area (TPSA) is 71.3 Å². The zero-order valence-electron chi connectivity index (χ0n) is 13.3. The number of nitrogens with one attached hydrogen (secondary N) is 1. The smallest absolute Gasteiger partial charge is 0.251 e. The van der Waals surface area contributed by atoms with E-state index in [1.807, 2.05) is 0 Å². The molecule has 1 aromatic heterocycles. The van der Waals surface area contributed by atoms with Gasteiger partial charge in [-0.05, 0) is 24.1 Å². The molecule has 0 fully saturated rings. The summed E-state index contributed by atoms with van der Waals surface area (Å²) >= 11 is 0. The standard InChI is InChI=1S/C17H18F2N2O3/c1-17(2,16(23)20-24)7-8-21-10-14(19)13(9-15(21)22)11-3-5-12(18)6-4-11/h3-6,9-10,24H,7-8H2,1-2H3,(H,20,23). The number of carbonyl (C=O) groups excluding carboxylic acids is 1. The van der Waals surface area contributed by atoms with Crippen LogP contribution in [0.2, 0.25) is 0 Å². The Bertz CT molecular complexity index is 798. The first-order chi connectivity index (χ1) is 11.2. The third-order valence-corrected chi connectivity index (χ3v) is 3.93. The van der Waals surface area contributed by atoms with Gasteiger partial charge in [-0.2, -0.15) is 0 Å². The van der Waals surface area contributed by atoms with E-state index in [1.54, 1.807) is 19.3 Å². The van der Waals surface area contributed by atoms with E-state index in [1.165, 1.54) is 24.3 Å². The molecular weight excluding hydrogens is 318 g/mol. The third-order valence-electron chi connectivity index (χ3n) is 3.93. The number of aryl methyl sites for hydroxylation is 1. The number of hydrogen-bond acceptors (Lipinski definition) is 3. The van der Waals surface area contributed by atoms with Crippen molar-refractivity contribution in [3.05, 3.63) is 58.5 Å². The van der Waals surface area contributed by atoms with E-state index in [9.17, 15) is 18.4 Å². The van der Waals surface area contributed by atoms with Crippen LogP contribution in [0.3, 0.4) is 0 Å². The summed E-state index contributed by atoms with van der Waals surface area (Å²) in [6.07, 6.45) is 1.29. The van der Waals surface area contributed by atoms with Crippen LogP contribution in [0.5, 0.6) is 0 Å². The molecule has 0 aliphatic heterocycles. The minimum absolute atomic E-state index is 0.0867. The molecule has 1 heterocycles. The van der Waals surface area contributed by atoms with E-state index in [-0.39, 0.29) is 18.5 Å². The predicted molar refractivity (Wildman–Crippen MR) is 84.4 cm³/mol. The number of rotatable bonds is 5. The SMILES string of the molecule is CC(C)(CCn1cc(F)c(-c2ccc(F)cc2)cc1=O)C(=O)NO. The van der Waals surface area contributed by atoms with E-state index in [0.717, 1.165) is 16.8 Å². The summed E-state index contributed by atoms with van der Waals surface area (Å²) in [6.45, 7) is 3.32. The molecule has 128 valence electrons. The molecule has 0 bridgehead atoms. The number of carbonyl (C=O) groups is 1. The molecule has 0 saturated carbocycles. The Morgan fingerprint density at radius 2 is 1.88 bits per heavy atom. The molecule has 0 aliphatic carbocycles. The summed E-state index contributed by atoms with van der Waals surface area (Å²) in [5, 5.41) is 8.69. The van der Waals surface area contributed by atoms with Crippen molar-refractivity contribution in [3.8, 4) is 11.1 Å². The van der Waals surface area contributed by atoms with E-state index >= 15 is 0 Å². The van der Waals surface area contributed by atoms with Crippen LogP contribution in [0, 0.1) is 17.0 Å². The molecule has 0 radical (unpaired) electrons. The van der Waals surface area contributed by atoms with Crippen LogP contribution >= 0.6 is 0 Å². The molecule has 2 rings (SSSR count). The van der Waals surface area contributed by atoms with Crippen molar-refractivity contribution >= 4 is 5.91 Å². The molecule has 7 heteroatoms. The normalized spacial score (nSPS) is 11.4. The molecule has 1 amide bonds. The quantitative estimate of drug-likeness (QED) is 0.651. The highest BCUT2D eigenvalue weighted by Gasteiger charge is 2.27. The van der Waals surface area contributed by atoms with Crippen molar-refractivity contribution in [3.63, 3.8) is 0 Å². The summed E-state index contributed by atoms with van der Waals surface area (Å²) in [5.41, 5.74) is 0.709. The highest BCUT2D eigenvalue weighted by Crippen LogP contribution is 2.23. The van der Waals surface area contributed by atoms with E-state index in [2.05, 4.69) is 0 Å². The number of amides is 1. The highest BCUT2D eigenvalue weighted by molar-refractivity contribution is 5.80. The van der Waals surface area contributed by atoms with Crippen molar-refractivity contribution in [2.24, 2.45) is 5.41 Å². The zero-order chi connectivity index (χ0) is 17.9. The summed E-state index contributed by atoms with van der Waals surface area (Å²) in [4.78, 5) is 23.7. The molecule has 2 aromatic rings. The fourth-order valence-corrected chi connectivity index (χ4v) is 2.24. The van der Waals surface area contributed by atoms with Gasteiger partial charge in [0.1, 0.15) is 11.6 Å². The molecular formula is C17H18F2N2O3. The fourth-order valence-electron chi connectivity index (χ4n) is 2.24. The van der Waals surface area contributed by atoms with Gasteiger partial charge in [-0.25, -0.2) is 14.3 Å². The predicted octanol–water partition coefficient (Wildman–Crippen LogP) is 2.72.